The number of ether oxygens (including phenoxy) is 3. The van der Waals surface area contributed by atoms with Crippen molar-refractivity contribution in [2.45, 2.75) is 69.1 Å². The zero-order valence-electron chi connectivity index (χ0n) is 15.1. The van der Waals surface area contributed by atoms with Crippen molar-refractivity contribution in [1.82, 2.24) is 10.6 Å². The second-order valence-electron chi connectivity index (χ2n) is 7.49. The van der Waals surface area contributed by atoms with Gasteiger partial charge < -0.3 is 24.8 Å². The number of carbonyl (C=O) groups is 1. The Morgan fingerprint density at radius 3 is 2.58 bits per heavy atom. The van der Waals surface area contributed by atoms with E-state index in [1.165, 1.54) is 19.3 Å². The number of hydrogen-bond donors (Lipinski definition) is 2. The van der Waals surface area contributed by atoms with E-state index in [0.29, 0.717) is 25.9 Å². The molecule has 3 fully saturated rings. The van der Waals surface area contributed by atoms with Gasteiger partial charge >= 0.3 is 6.03 Å². The number of carbonyl (C=O) groups excluding carboxylic acids is 1. The maximum absolute atomic E-state index is 12.3. The molecule has 0 bridgehead atoms. The highest BCUT2D eigenvalue weighted by Gasteiger charge is 2.48. The molecular weight excluding hydrogens is 332 g/mol. The van der Waals surface area contributed by atoms with Crippen molar-refractivity contribution >= 4 is 6.03 Å². The van der Waals surface area contributed by atoms with Gasteiger partial charge in [-0.3, -0.25) is 0 Å². The first-order valence-electron chi connectivity index (χ1n) is 9.75. The SMILES string of the molecule is O=C(NC1CCCCC1)N[C@H]1CO[C@H]2[C@H]1OC[C@@H]2OCc1ccccc1. The molecule has 2 amide bonds. The number of benzene rings is 1. The molecule has 0 unspecified atom stereocenters. The molecule has 6 heteroatoms. The summed E-state index contributed by atoms with van der Waals surface area (Å²) in [5.74, 6) is 0. The smallest absolute Gasteiger partial charge is 0.315 e. The predicted molar refractivity (Wildman–Crippen MR) is 96.8 cm³/mol. The largest absolute Gasteiger partial charge is 0.370 e. The van der Waals surface area contributed by atoms with Crippen LogP contribution in [0, 0.1) is 0 Å². The van der Waals surface area contributed by atoms with Crippen molar-refractivity contribution in [1.29, 1.82) is 0 Å². The minimum atomic E-state index is -0.132. The molecule has 3 aliphatic rings. The molecule has 26 heavy (non-hydrogen) atoms. The van der Waals surface area contributed by atoms with Crippen LogP contribution in [0.5, 0.6) is 0 Å². The number of amides is 2. The van der Waals surface area contributed by atoms with Crippen LogP contribution in [0.25, 0.3) is 0 Å². The van der Waals surface area contributed by atoms with Gasteiger partial charge in [0.1, 0.15) is 18.3 Å². The molecule has 4 rings (SSSR count). The normalized spacial score (nSPS) is 31.5. The van der Waals surface area contributed by atoms with Crippen molar-refractivity contribution in [3.05, 3.63) is 35.9 Å². The van der Waals surface area contributed by atoms with Crippen LogP contribution >= 0.6 is 0 Å². The summed E-state index contributed by atoms with van der Waals surface area (Å²) in [6.45, 7) is 1.52. The monoisotopic (exact) mass is 360 g/mol. The van der Waals surface area contributed by atoms with Crippen molar-refractivity contribution in [3.8, 4) is 0 Å². The Morgan fingerprint density at radius 2 is 1.77 bits per heavy atom. The van der Waals surface area contributed by atoms with Gasteiger partial charge in [0.25, 0.3) is 0 Å². The van der Waals surface area contributed by atoms with Crippen molar-refractivity contribution in [2.75, 3.05) is 13.2 Å². The summed E-state index contributed by atoms with van der Waals surface area (Å²) in [5.41, 5.74) is 1.13. The van der Waals surface area contributed by atoms with E-state index in [1.54, 1.807) is 0 Å². The van der Waals surface area contributed by atoms with E-state index >= 15 is 0 Å². The molecule has 1 saturated carbocycles. The molecule has 142 valence electrons. The molecule has 2 heterocycles. The van der Waals surface area contributed by atoms with Crippen LogP contribution in [-0.2, 0) is 20.8 Å². The lowest BCUT2D eigenvalue weighted by atomic mass is 9.96. The van der Waals surface area contributed by atoms with Crippen LogP contribution in [0.3, 0.4) is 0 Å². The average Bonchev–Trinajstić information content (AvgIpc) is 3.25. The van der Waals surface area contributed by atoms with E-state index < -0.39 is 0 Å². The zero-order chi connectivity index (χ0) is 17.8. The Hall–Kier alpha value is -1.63. The van der Waals surface area contributed by atoms with E-state index in [2.05, 4.69) is 10.6 Å². The lowest BCUT2D eigenvalue weighted by Crippen LogP contribution is -2.51. The first-order valence-corrected chi connectivity index (χ1v) is 9.75. The van der Waals surface area contributed by atoms with Gasteiger partial charge in [-0.1, -0.05) is 49.6 Å². The highest BCUT2D eigenvalue weighted by Crippen LogP contribution is 2.29. The Morgan fingerprint density at radius 1 is 1.00 bits per heavy atom. The molecule has 1 aliphatic carbocycles. The number of nitrogens with one attached hydrogen (secondary N) is 2. The summed E-state index contributed by atoms with van der Waals surface area (Å²) in [7, 11) is 0. The van der Waals surface area contributed by atoms with Gasteiger partial charge in [-0.2, -0.15) is 0 Å². The van der Waals surface area contributed by atoms with Crippen molar-refractivity contribution in [3.63, 3.8) is 0 Å². The fourth-order valence-electron chi connectivity index (χ4n) is 4.15. The van der Waals surface area contributed by atoms with E-state index in [1.807, 2.05) is 30.3 Å². The molecular formula is C20H28N2O4. The van der Waals surface area contributed by atoms with Crippen LogP contribution in [0.15, 0.2) is 30.3 Å². The molecule has 0 radical (unpaired) electrons. The van der Waals surface area contributed by atoms with E-state index in [0.717, 1.165) is 18.4 Å². The summed E-state index contributed by atoms with van der Waals surface area (Å²) >= 11 is 0. The standard InChI is InChI=1S/C20H28N2O4/c23-20(21-15-9-5-2-6-10-15)22-16-12-25-19-17(13-26-18(16)19)24-11-14-7-3-1-4-8-14/h1,3-4,7-8,15-19H,2,5-6,9-13H2,(H2,21,22,23)/t16-,17-,18-,19+/m0/s1. The topological polar surface area (TPSA) is 68.8 Å². The molecule has 6 nitrogen and oxygen atoms in total. The molecule has 2 aliphatic heterocycles. The Labute approximate surface area is 154 Å². The minimum Gasteiger partial charge on any atom is -0.370 e. The third kappa shape index (κ3) is 4.19. The maximum Gasteiger partial charge on any atom is 0.315 e. The first kappa shape index (κ1) is 17.8. The lowest BCUT2D eigenvalue weighted by molar-refractivity contribution is -0.0392. The third-order valence-corrected chi connectivity index (χ3v) is 5.57. The fraction of sp³-hybridized carbons (Fsp3) is 0.650. The molecule has 4 atom stereocenters. The molecule has 2 N–H and O–H groups in total. The minimum absolute atomic E-state index is 0.0894. The lowest BCUT2D eigenvalue weighted by Gasteiger charge is -2.24. The van der Waals surface area contributed by atoms with Gasteiger partial charge in [0.05, 0.1) is 25.9 Å². The number of urea groups is 1. The second kappa shape index (κ2) is 8.37. The Balaban J connectivity index is 1.24. The number of hydrogen-bond acceptors (Lipinski definition) is 4. The van der Waals surface area contributed by atoms with Crippen LogP contribution in [-0.4, -0.2) is 49.6 Å². The summed E-state index contributed by atoms with van der Waals surface area (Å²) in [4.78, 5) is 12.3. The van der Waals surface area contributed by atoms with Crippen LogP contribution in [0.4, 0.5) is 4.79 Å². The van der Waals surface area contributed by atoms with Gasteiger partial charge in [0, 0.05) is 6.04 Å². The molecule has 0 spiro atoms. The fourth-order valence-corrected chi connectivity index (χ4v) is 4.15. The van der Waals surface area contributed by atoms with Gasteiger partial charge in [-0.05, 0) is 18.4 Å². The number of fused-ring (bicyclic) bond motifs is 1. The zero-order valence-corrected chi connectivity index (χ0v) is 15.1. The summed E-state index contributed by atoms with van der Waals surface area (Å²) in [6, 6.07) is 10.2. The highest BCUT2D eigenvalue weighted by atomic mass is 16.6. The van der Waals surface area contributed by atoms with Gasteiger partial charge in [-0.15, -0.1) is 0 Å². The quantitative estimate of drug-likeness (QED) is 0.846. The van der Waals surface area contributed by atoms with Crippen LogP contribution < -0.4 is 10.6 Å². The van der Waals surface area contributed by atoms with Gasteiger partial charge in [-0.25, -0.2) is 4.79 Å². The number of rotatable bonds is 5. The Kier molecular flexibility index (Phi) is 5.72. The first-order chi connectivity index (χ1) is 12.8. The van der Waals surface area contributed by atoms with Gasteiger partial charge in [0.15, 0.2) is 0 Å². The van der Waals surface area contributed by atoms with Crippen molar-refractivity contribution < 1.29 is 19.0 Å². The molecule has 1 aromatic rings. The van der Waals surface area contributed by atoms with Crippen LogP contribution in [0.1, 0.15) is 37.7 Å². The summed E-state index contributed by atoms with van der Waals surface area (Å²) < 4.78 is 17.8. The van der Waals surface area contributed by atoms with Crippen molar-refractivity contribution in [2.24, 2.45) is 0 Å². The molecule has 1 aromatic carbocycles. The van der Waals surface area contributed by atoms with Gasteiger partial charge in [0.2, 0.25) is 0 Å². The summed E-state index contributed by atoms with van der Waals surface area (Å²) in [5, 5.41) is 6.13. The average molecular weight is 360 g/mol. The Bertz CT molecular complexity index is 591. The molecule has 2 saturated heterocycles. The summed E-state index contributed by atoms with van der Waals surface area (Å²) in [6.07, 6.45) is 5.49. The second-order valence-corrected chi connectivity index (χ2v) is 7.49. The van der Waals surface area contributed by atoms with E-state index in [4.69, 9.17) is 14.2 Å². The van der Waals surface area contributed by atoms with E-state index in [-0.39, 0.29) is 30.4 Å². The molecule has 0 aromatic heterocycles. The highest BCUT2D eigenvalue weighted by molar-refractivity contribution is 5.74. The van der Waals surface area contributed by atoms with Crippen LogP contribution in [0.2, 0.25) is 0 Å². The van der Waals surface area contributed by atoms with E-state index in [9.17, 15) is 4.79 Å². The predicted octanol–water partition coefficient (Wildman–Crippen LogP) is 2.37. The third-order valence-electron chi connectivity index (χ3n) is 5.57. The maximum atomic E-state index is 12.3.